The number of benzene rings is 1. The molecule has 1 aromatic heterocycles. The first-order valence-electron chi connectivity index (χ1n) is 7.97. The third kappa shape index (κ3) is 5.26. The summed E-state index contributed by atoms with van der Waals surface area (Å²) in [6.45, 7) is 5.03. The maximum Gasteiger partial charge on any atom is 0.226 e. The van der Waals surface area contributed by atoms with Crippen LogP contribution in [0.1, 0.15) is 43.9 Å². The van der Waals surface area contributed by atoms with Crippen LogP contribution >= 0.6 is 11.3 Å². The van der Waals surface area contributed by atoms with Crippen molar-refractivity contribution in [3.63, 3.8) is 0 Å². The Morgan fingerprint density at radius 3 is 2.68 bits per heavy atom. The normalized spacial score (nSPS) is 10.6. The summed E-state index contributed by atoms with van der Waals surface area (Å²) in [6, 6.07) is 8.32. The lowest BCUT2D eigenvalue weighted by Crippen LogP contribution is -2.26. The van der Waals surface area contributed by atoms with Crippen molar-refractivity contribution in [3.05, 3.63) is 40.9 Å². The number of aromatic nitrogens is 1. The van der Waals surface area contributed by atoms with Crippen LogP contribution in [0, 0.1) is 6.92 Å². The minimum atomic E-state index is 0.0669. The van der Waals surface area contributed by atoms with E-state index in [9.17, 15) is 4.79 Å². The van der Waals surface area contributed by atoms with Gasteiger partial charge in [0, 0.05) is 17.5 Å². The molecule has 0 unspecified atom stereocenters. The molecule has 0 atom stereocenters. The van der Waals surface area contributed by atoms with Gasteiger partial charge in [0.25, 0.3) is 0 Å². The van der Waals surface area contributed by atoms with Crippen LogP contribution in [0.4, 0.5) is 0 Å². The second-order valence-corrected chi connectivity index (χ2v) is 6.46. The lowest BCUT2D eigenvalue weighted by atomic mass is 10.2. The number of aryl methyl sites for hydroxylation is 1. The molecule has 1 amide bonds. The fourth-order valence-corrected chi connectivity index (χ4v) is 3.05. The van der Waals surface area contributed by atoms with Gasteiger partial charge >= 0.3 is 0 Å². The smallest absolute Gasteiger partial charge is 0.226 e. The van der Waals surface area contributed by atoms with E-state index in [-0.39, 0.29) is 5.91 Å². The van der Waals surface area contributed by atoms with Gasteiger partial charge in [-0.1, -0.05) is 56.0 Å². The largest absolute Gasteiger partial charge is 0.356 e. The van der Waals surface area contributed by atoms with Crippen LogP contribution in [0.15, 0.2) is 29.6 Å². The van der Waals surface area contributed by atoms with Crippen LogP contribution in [-0.2, 0) is 11.2 Å². The molecule has 1 N–H and O–H groups in total. The molecule has 3 nitrogen and oxygen atoms in total. The van der Waals surface area contributed by atoms with Crippen molar-refractivity contribution in [2.24, 2.45) is 0 Å². The summed E-state index contributed by atoms with van der Waals surface area (Å²) in [5.41, 5.74) is 3.21. The molecule has 0 fully saturated rings. The van der Waals surface area contributed by atoms with Crippen LogP contribution < -0.4 is 5.32 Å². The van der Waals surface area contributed by atoms with E-state index < -0.39 is 0 Å². The van der Waals surface area contributed by atoms with Crippen molar-refractivity contribution >= 4 is 17.2 Å². The fourth-order valence-electron chi connectivity index (χ4n) is 2.22. The summed E-state index contributed by atoms with van der Waals surface area (Å²) in [7, 11) is 0. The highest BCUT2D eigenvalue weighted by Gasteiger charge is 2.08. The van der Waals surface area contributed by atoms with Gasteiger partial charge in [-0.15, -0.1) is 11.3 Å². The molecule has 0 aliphatic carbocycles. The third-order valence-electron chi connectivity index (χ3n) is 3.54. The molecule has 0 saturated carbocycles. The molecule has 0 bridgehead atoms. The number of hydrogen-bond acceptors (Lipinski definition) is 3. The van der Waals surface area contributed by atoms with E-state index in [1.807, 2.05) is 5.38 Å². The minimum Gasteiger partial charge on any atom is -0.356 e. The van der Waals surface area contributed by atoms with Crippen LogP contribution in [0.25, 0.3) is 10.6 Å². The standard InChI is InChI=1S/C18H24N2OS/c1-3-4-5-6-11-19-17(21)12-16-13-22-18(20-16)15-9-7-14(2)8-10-15/h7-10,13H,3-6,11-12H2,1-2H3,(H,19,21). The molecule has 0 aliphatic rings. The van der Waals surface area contributed by atoms with Crippen molar-refractivity contribution in [1.82, 2.24) is 10.3 Å². The van der Waals surface area contributed by atoms with Crippen LogP contribution in [0.5, 0.6) is 0 Å². The highest BCUT2D eigenvalue weighted by molar-refractivity contribution is 7.13. The van der Waals surface area contributed by atoms with Crippen LogP contribution in [0.2, 0.25) is 0 Å². The number of carbonyl (C=O) groups is 1. The van der Waals surface area contributed by atoms with E-state index >= 15 is 0 Å². The van der Waals surface area contributed by atoms with Crippen molar-refractivity contribution in [2.45, 2.75) is 46.0 Å². The van der Waals surface area contributed by atoms with E-state index in [4.69, 9.17) is 0 Å². The number of hydrogen-bond donors (Lipinski definition) is 1. The van der Waals surface area contributed by atoms with Crippen molar-refractivity contribution in [2.75, 3.05) is 6.54 Å². The Morgan fingerprint density at radius 2 is 1.95 bits per heavy atom. The predicted octanol–water partition coefficient (Wildman–Crippen LogP) is 4.36. The van der Waals surface area contributed by atoms with Crippen molar-refractivity contribution in [1.29, 1.82) is 0 Å². The zero-order valence-electron chi connectivity index (χ0n) is 13.4. The van der Waals surface area contributed by atoms with Gasteiger partial charge in [-0.05, 0) is 13.3 Å². The van der Waals surface area contributed by atoms with Crippen molar-refractivity contribution in [3.8, 4) is 10.6 Å². The molecule has 0 radical (unpaired) electrons. The van der Waals surface area contributed by atoms with Gasteiger partial charge in [-0.25, -0.2) is 4.98 Å². The molecule has 0 saturated heterocycles. The summed E-state index contributed by atoms with van der Waals surface area (Å²) in [5, 5.41) is 5.93. The zero-order chi connectivity index (χ0) is 15.8. The first kappa shape index (κ1) is 16.7. The molecule has 118 valence electrons. The Hall–Kier alpha value is -1.68. The molecular formula is C18H24N2OS. The van der Waals surface area contributed by atoms with E-state index in [1.165, 1.54) is 24.8 Å². The van der Waals surface area contributed by atoms with Gasteiger partial charge in [0.2, 0.25) is 5.91 Å². The summed E-state index contributed by atoms with van der Waals surface area (Å²) < 4.78 is 0. The second-order valence-electron chi connectivity index (χ2n) is 5.60. The highest BCUT2D eigenvalue weighted by atomic mass is 32.1. The Labute approximate surface area is 136 Å². The monoisotopic (exact) mass is 316 g/mol. The SMILES string of the molecule is CCCCCCNC(=O)Cc1csc(-c2ccc(C)cc2)n1. The number of thiazole rings is 1. The number of unbranched alkanes of at least 4 members (excludes halogenated alkanes) is 3. The average molecular weight is 316 g/mol. The third-order valence-corrected chi connectivity index (χ3v) is 4.48. The first-order chi connectivity index (χ1) is 10.7. The molecule has 1 heterocycles. The maximum atomic E-state index is 11.9. The number of carbonyl (C=O) groups excluding carboxylic acids is 1. The number of amides is 1. The quantitative estimate of drug-likeness (QED) is 0.735. The first-order valence-corrected chi connectivity index (χ1v) is 8.85. The Bertz CT molecular complexity index is 589. The molecule has 2 rings (SSSR count). The number of nitrogens with zero attached hydrogens (tertiary/aromatic N) is 1. The maximum absolute atomic E-state index is 11.9. The number of rotatable bonds is 8. The molecule has 0 spiro atoms. The summed E-state index contributed by atoms with van der Waals surface area (Å²) in [4.78, 5) is 16.5. The average Bonchev–Trinajstić information content (AvgIpc) is 2.96. The summed E-state index contributed by atoms with van der Waals surface area (Å²) in [5.74, 6) is 0.0669. The van der Waals surface area contributed by atoms with E-state index in [0.29, 0.717) is 6.42 Å². The van der Waals surface area contributed by atoms with E-state index in [2.05, 4.69) is 48.4 Å². The number of nitrogens with one attached hydrogen (secondary N) is 1. The van der Waals surface area contributed by atoms with Gasteiger partial charge in [0.1, 0.15) is 5.01 Å². The van der Waals surface area contributed by atoms with E-state index in [0.717, 1.165) is 29.2 Å². The van der Waals surface area contributed by atoms with Gasteiger partial charge < -0.3 is 5.32 Å². The van der Waals surface area contributed by atoms with E-state index in [1.54, 1.807) is 11.3 Å². The van der Waals surface area contributed by atoms with Gasteiger partial charge in [-0.2, -0.15) is 0 Å². The van der Waals surface area contributed by atoms with Crippen LogP contribution in [-0.4, -0.2) is 17.4 Å². The second kappa shape index (κ2) is 8.69. The minimum absolute atomic E-state index is 0.0669. The van der Waals surface area contributed by atoms with Gasteiger partial charge in [0.15, 0.2) is 0 Å². The van der Waals surface area contributed by atoms with Crippen LogP contribution in [0.3, 0.4) is 0 Å². The highest BCUT2D eigenvalue weighted by Crippen LogP contribution is 2.24. The fraction of sp³-hybridized carbons (Fsp3) is 0.444. The Balaban J connectivity index is 1.81. The molecule has 4 heteroatoms. The topological polar surface area (TPSA) is 42.0 Å². The van der Waals surface area contributed by atoms with Gasteiger partial charge in [-0.3, -0.25) is 4.79 Å². The lowest BCUT2D eigenvalue weighted by Gasteiger charge is -2.03. The molecule has 1 aromatic carbocycles. The molecular weight excluding hydrogens is 292 g/mol. The molecule has 22 heavy (non-hydrogen) atoms. The summed E-state index contributed by atoms with van der Waals surface area (Å²) in [6.07, 6.45) is 5.07. The van der Waals surface area contributed by atoms with Gasteiger partial charge in [0.05, 0.1) is 12.1 Å². The zero-order valence-corrected chi connectivity index (χ0v) is 14.2. The predicted molar refractivity (Wildman–Crippen MR) is 93.1 cm³/mol. The Kier molecular flexibility index (Phi) is 6.59. The lowest BCUT2D eigenvalue weighted by molar-refractivity contribution is -0.120. The molecule has 2 aromatic rings. The van der Waals surface area contributed by atoms with Crippen molar-refractivity contribution < 1.29 is 4.79 Å². The summed E-state index contributed by atoms with van der Waals surface area (Å²) >= 11 is 1.59. The molecule has 0 aliphatic heterocycles. The Morgan fingerprint density at radius 1 is 1.18 bits per heavy atom.